The maximum atomic E-state index is 10.7. The van der Waals surface area contributed by atoms with Crippen molar-refractivity contribution in [1.82, 2.24) is 10.3 Å². The Labute approximate surface area is 101 Å². The summed E-state index contributed by atoms with van der Waals surface area (Å²) in [5.41, 5.74) is 1.59. The van der Waals surface area contributed by atoms with Gasteiger partial charge in [0.15, 0.2) is 0 Å². The number of hydrogen-bond acceptors (Lipinski definition) is 3. The molecule has 17 heavy (non-hydrogen) atoms. The van der Waals surface area contributed by atoms with E-state index in [1.54, 1.807) is 6.07 Å². The average molecular weight is 234 g/mol. The summed E-state index contributed by atoms with van der Waals surface area (Å²) in [4.78, 5) is 14.7. The molecule has 0 aromatic carbocycles. The van der Waals surface area contributed by atoms with Crippen molar-refractivity contribution in [2.24, 2.45) is 5.92 Å². The minimum Gasteiger partial charge on any atom is -0.478 e. The van der Waals surface area contributed by atoms with Gasteiger partial charge in [0, 0.05) is 12.7 Å². The van der Waals surface area contributed by atoms with Crippen LogP contribution in [0.3, 0.4) is 0 Å². The van der Waals surface area contributed by atoms with Crippen molar-refractivity contribution in [3.63, 3.8) is 0 Å². The molecule has 0 saturated carbocycles. The number of hydrogen-bond donors (Lipinski definition) is 2. The van der Waals surface area contributed by atoms with Gasteiger partial charge in [0.25, 0.3) is 0 Å². The van der Waals surface area contributed by atoms with Crippen LogP contribution < -0.4 is 5.32 Å². The van der Waals surface area contributed by atoms with Crippen LogP contribution in [0.1, 0.15) is 36.3 Å². The Morgan fingerprint density at radius 1 is 1.53 bits per heavy atom. The third kappa shape index (κ3) is 4.26. The summed E-state index contributed by atoms with van der Waals surface area (Å²) >= 11 is 0. The number of nitrogens with one attached hydrogen (secondary N) is 1. The Hall–Kier alpha value is -1.84. The smallest absolute Gasteiger partial charge is 0.337 e. The van der Waals surface area contributed by atoms with Crippen LogP contribution in [0, 0.1) is 5.92 Å². The predicted octanol–water partition coefficient (Wildman–Crippen LogP) is 2.39. The molecule has 0 saturated heterocycles. The van der Waals surface area contributed by atoms with E-state index in [1.165, 1.54) is 12.3 Å². The summed E-state index contributed by atoms with van der Waals surface area (Å²) in [6, 6.07) is 3.19. The topological polar surface area (TPSA) is 62.2 Å². The zero-order valence-electron chi connectivity index (χ0n) is 10.2. The van der Waals surface area contributed by atoms with Crippen LogP contribution >= 0.6 is 0 Å². The highest BCUT2D eigenvalue weighted by Gasteiger charge is 2.05. The molecule has 4 nitrogen and oxygen atoms in total. The number of aromatic carboxylic acids is 1. The maximum Gasteiger partial charge on any atom is 0.337 e. The van der Waals surface area contributed by atoms with Gasteiger partial charge in [-0.05, 0) is 24.5 Å². The molecule has 0 aliphatic carbocycles. The quantitative estimate of drug-likeness (QED) is 0.793. The molecule has 92 valence electrons. The van der Waals surface area contributed by atoms with Crippen molar-refractivity contribution in [3.05, 3.63) is 36.2 Å². The second-order valence-corrected chi connectivity index (χ2v) is 4.33. The first-order valence-electron chi connectivity index (χ1n) is 5.63. The van der Waals surface area contributed by atoms with E-state index in [-0.39, 0.29) is 5.56 Å². The normalized spacial score (nSPS) is 10.3. The molecule has 4 heteroatoms. The van der Waals surface area contributed by atoms with Crippen LogP contribution in [0.25, 0.3) is 5.70 Å². The minimum absolute atomic E-state index is 0.184. The summed E-state index contributed by atoms with van der Waals surface area (Å²) in [5.74, 6) is -0.333. The summed E-state index contributed by atoms with van der Waals surface area (Å²) < 4.78 is 0. The first kappa shape index (κ1) is 13.2. The summed E-state index contributed by atoms with van der Waals surface area (Å²) in [7, 11) is 0. The van der Waals surface area contributed by atoms with Crippen molar-refractivity contribution in [1.29, 1.82) is 0 Å². The largest absolute Gasteiger partial charge is 0.478 e. The zero-order chi connectivity index (χ0) is 12.8. The molecule has 0 bridgehead atoms. The van der Waals surface area contributed by atoms with Gasteiger partial charge >= 0.3 is 5.97 Å². The van der Waals surface area contributed by atoms with Gasteiger partial charge in [-0.1, -0.05) is 20.4 Å². The summed E-state index contributed by atoms with van der Waals surface area (Å²) in [6.07, 6.45) is 2.40. The lowest BCUT2D eigenvalue weighted by Gasteiger charge is -2.10. The number of nitrogens with zero attached hydrogens (tertiary/aromatic N) is 1. The highest BCUT2D eigenvalue weighted by atomic mass is 16.4. The second-order valence-electron chi connectivity index (χ2n) is 4.33. The predicted molar refractivity (Wildman–Crippen MR) is 67.7 cm³/mol. The van der Waals surface area contributed by atoms with Gasteiger partial charge in [0.2, 0.25) is 0 Å². The van der Waals surface area contributed by atoms with Crippen LogP contribution in [0.4, 0.5) is 0 Å². The first-order chi connectivity index (χ1) is 8.00. The molecule has 2 N–H and O–H groups in total. The molecule has 1 heterocycles. The molecule has 0 unspecified atom stereocenters. The van der Waals surface area contributed by atoms with Gasteiger partial charge in [0.05, 0.1) is 17.0 Å². The molecular formula is C13H18N2O2. The lowest BCUT2D eigenvalue weighted by molar-refractivity contribution is 0.0696. The van der Waals surface area contributed by atoms with E-state index in [0.29, 0.717) is 11.6 Å². The van der Waals surface area contributed by atoms with Crippen molar-refractivity contribution >= 4 is 11.7 Å². The molecule has 0 aliphatic rings. The van der Waals surface area contributed by atoms with E-state index >= 15 is 0 Å². The lowest BCUT2D eigenvalue weighted by Crippen LogP contribution is -2.15. The number of rotatable bonds is 6. The number of pyridine rings is 1. The number of carbonyl (C=O) groups is 1. The molecule has 0 radical (unpaired) electrons. The molecule has 1 aromatic rings. The van der Waals surface area contributed by atoms with E-state index in [9.17, 15) is 4.79 Å². The van der Waals surface area contributed by atoms with Crippen molar-refractivity contribution < 1.29 is 9.90 Å². The van der Waals surface area contributed by atoms with Gasteiger partial charge < -0.3 is 10.4 Å². The van der Waals surface area contributed by atoms with Crippen LogP contribution in [-0.2, 0) is 0 Å². The minimum atomic E-state index is -0.970. The van der Waals surface area contributed by atoms with Crippen LogP contribution in [0.2, 0.25) is 0 Å². The van der Waals surface area contributed by atoms with Crippen molar-refractivity contribution in [2.75, 3.05) is 6.54 Å². The molecule has 0 atom stereocenters. The van der Waals surface area contributed by atoms with E-state index in [4.69, 9.17) is 5.11 Å². The SMILES string of the molecule is C=C(NCCC(C)C)c1ccc(C(=O)O)cn1. The third-order valence-corrected chi connectivity index (χ3v) is 2.38. The van der Waals surface area contributed by atoms with E-state index < -0.39 is 5.97 Å². The van der Waals surface area contributed by atoms with Gasteiger partial charge in [0.1, 0.15) is 0 Å². The molecule has 1 aromatic heterocycles. The third-order valence-electron chi connectivity index (χ3n) is 2.38. The average Bonchev–Trinajstić information content (AvgIpc) is 2.28. The Morgan fingerprint density at radius 3 is 2.71 bits per heavy atom. The highest BCUT2D eigenvalue weighted by Crippen LogP contribution is 2.08. The van der Waals surface area contributed by atoms with E-state index in [1.807, 2.05) is 0 Å². The van der Waals surface area contributed by atoms with Crippen molar-refractivity contribution in [2.45, 2.75) is 20.3 Å². The Bertz CT molecular complexity index is 396. The summed E-state index contributed by atoms with van der Waals surface area (Å²) in [5, 5.41) is 11.9. The molecule has 0 aliphatic heterocycles. The van der Waals surface area contributed by atoms with E-state index in [0.717, 1.165) is 18.7 Å². The first-order valence-corrected chi connectivity index (χ1v) is 5.63. The van der Waals surface area contributed by atoms with Crippen LogP contribution in [-0.4, -0.2) is 22.6 Å². The Balaban J connectivity index is 2.55. The molecular weight excluding hydrogens is 216 g/mol. The lowest BCUT2D eigenvalue weighted by atomic mass is 10.1. The zero-order valence-corrected chi connectivity index (χ0v) is 10.2. The van der Waals surface area contributed by atoms with Crippen LogP contribution in [0.5, 0.6) is 0 Å². The molecule has 0 spiro atoms. The second kappa shape index (κ2) is 6.03. The molecule has 0 fully saturated rings. The van der Waals surface area contributed by atoms with Gasteiger partial charge in [-0.25, -0.2) is 4.79 Å². The Kier molecular flexibility index (Phi) is 4.69. The number of carboxylic acids is 1. The van der Waals surface area contributed by atoms with Gasteiger partial charge in [-0.2, -0.15) is 0 Å². The highest BCUT2D eigenvalue weighted by molar-refractivity contribution is 5.87. The standard InChI is InChI=1S/C13H18N2O2/c1-9(2)6-7-14-10(3)12-5-4-11(8-15-12)13(16)17/h4-5,8-9,14H,3,6-7H2,1-2H3,(H,16,17). The fourth-order valence-corrected chi connectivity index (χ4v) is 1.30. The molecule has 0 amide bonds. The number of aromatic nitrogens is 1. The van der Waals surface area contributed by atoms with E-state index in [2.05, 4.69) is 30.7 Å². The van der Waals surface area contributed by atoms with Gasteiger partial charge in [-0.3, -0.25) is 4.98 Å². The maximum absolute atomic E-state index is 10.7. The monoisotopic (exact) mass is 234 g/mol. The fraction of sp³-hybridized carbons (Fsp3) is 0.385. The fourth-order valence-electron chi connectivity index (χ4n) is 1.30. The number of carboxylic acid groups (broad SMARTS) is 1. The van der Waals surface area contributed by atoms with Crippen molar-refractivity contribution in [3.8, 4) is 0 Å². The molecule has 1 rings (SSSR count). The summed E-state index contributed by atoms with van der Waals surface area (Å²) in [6.45, 7) is 9.04. The Morgan fingerprint density at radius 2 is 2.24 bits per heavy atom. The van der Waals surface area contributed by atoms with Crippen LogP contribution in [0.15, 0.2) is 24.9 Å². The van der Waals surface area contributed by atoms with Gasteiger partial charge in [-0.15, -0.1) is 0 Å².